The van der Waals surface area contributed by atoms with E-state index < -0.39 is 0 Å². The van der Waals surface area contributed by atoms with Crippen molar-refractivity contribution in [2.45, 2.75) is 57.8 Å². The summed E-state index contributed by atoms with van der Waals surface area (Å²) in [5, 5.41) is 0. The van der Waals surface area contributed by atoms with Crippen LogP contribution in [0.3, 0.4) is 0 Å². The van der Waals surface area contributed by atoms with Gasteiger partial charge in [-0.2, -0.15) is 0 Å². The second-order valence-corrected chi connectivity index (χ2v) is 5.56. The van der Waals surface area contributed by atoms with Crippen molar-refractivity contribution >= 4 is 0 Å². The first kappa shape index (κ1) is 15.2. The molecule has 5 heteroatoms. The maximum Gasteiger partial charge on any atom is 0.138 e. The Kier molecular flexibility index (Phi) is 5.76. The molecule has 2 rings (SSSR count). The van der Waals surface area contributed by atoms with Crippen molar-refractivity contribution in [3.8, 4) is 5.75 Å². The fourth-order valence-electron chi connectivity index (χ4n) is 2.52. The van der Waals surface area contributed by atoms with E-state index in [9.17, 15) is 0 Å². The Morgan fingerprint density at radius 2 is 2.30 bits per heavy atom. The van der Waals surface area contributed by atoms with Crippen molar-refractivity contribution in [3.05, 3.63) is 24.0 Å². The molecule has 0 bridgehead atoms. The Morgan fingerprint density at radius 1 is 1.45 bits per heavy atom. The lowest BCUT2D eigenvalue weighted by Gasteiger charge is -2.27. The van der Waals surface area contributed by atoms with Gasteiger partial charge in [-0.15, -0.1) is 0 Å². The van der Waals surface area contributed by atoms with E-state index in [0.29, 0.717) is 0 Å². The summed E-state index contributed by atoms with van der Waals surface area (Å²) in [6, 6.07) is 2.04. The van der Waals surface area contributed by atoms with Gasteiger partial charge in [0.25, 0.3) is 0 Å². The van der Waals surface area contributed by atoms with Crippen LogP contribution in [-0.4, -0.2) is 23.8 Å². The molecule has 5 nitrogen and oxygen atoms in total. The summed E-state index contributed by atoms with van der Waals surface area (Å²) in [4.78, 5) is 4.24. The van der Waals surface area contributed by atoms with Crippen LogP contribution in [0.2, 0.25) is 0 Å². The molecule has 0 spiro atoms. The largest absolute Gasteiger partial charge is 0.489 e. The maximum absolute atomic E-state index is 5.78. The van der Waals surface area contributed by atoms with Crippen molar-refractivity contribution in [1.29, 1.82) is 0 Å². The lowest BCUT2D eigenvalue weighted by atomic mass is 9.98. The summed E-state index contributed by atoms with van der Waals surface area (Å²) in [5.74, 6) is 6.48. The van der Waals surface area contributed by atoms with Crippen LogP contribution in [0.1, 0.15) is 51.1 Å². The van der Waals surface area contributed by atoms with Crippen molar-refractivity contribution in [2.24, 2.45) is 5.84 Å². The van der Waals surface area contributed by atoms with E-state index in [1.165, 1.54) is 6.42 Å². The highest BCUT2D eigenvalue weighted by Gasteiger charge is 2.20. The zero-order chi connectivity index (χ0) is 14.4. The quantitative estimate of drug-likeness (QED) is 0.618. The van der Waals surface area contributed by atoms with E-state index in [1.807, 2.05) is 26.1 Å². The zero-order valence-electron chi connectivity index (χ0n) is 12.3. The average molecular weight is 279 g/mol. The molecule has 1 saturated heterocycles. The number of nitrogens with one attached hydrogen (secondary N) is 1. The molecule has 112 valence electrons. The van der Waals surface area contributed by atoms with Gasteiger partial charge in [0, 0.05) is 12.8 Å². The van der Waals surface area contributed by atoms with E-state index in [1.54, 1.807) is 6.20 Å². The summed E-state index contributed by atoms with van der Waals surface area (Å²) in [5.41, 5.74) is 3.91. The first-order chi connectivity index (χ1) is 9.69. The van der Waals surface area contributed by atoms with Crippen molar-refractivity contribution in [2.75, 3.05) is 6.61 Å². The molecule has 2 heterocycles. The van der Waals surface area contributed by atoms with Crippen molar-refractivity contribution < 1.29 is 9.47 Å². The van der Waals surface area contributed by atoms with Crippen LogP contribution < -0.4 is 16.0 Å². The average Bonchev–Trinajstić information content (AvgIpc) is 2.45. The molecule has 1 aliphatic rings. The van der Waals surface area contributed by atoms with Crippen LogP contribution in [0.15, 0.2) is 18.5 Å². The van der Waals surface area contributed by atoms with Gasteiger partial charge in [-0.25, -0.2) is 0 Å². The van der Waals surface area contributed by atoms with Crippen LogP contribution in [0.5, 0.6) is 5.75 Å². The third kappa shape index (κ3) is 4.44. The van der Waals surface area contributed by atoms with Crippen LogP contribution in [0.4, 0.5) is 0 Å². The van der Waals surface area contributed by atoms with E-state index in [2.05, 4.69) is 10.4 Å². The first-order valence-corrected chi connectivity index (χ1v) is 7.38. The normalized spacial score (nSPS) is 20.9. The summed E-state index contributed by atoms with van der Waals surface area (Å²) < 4.78 is 11.5. The molecule has 1 fully saturated rings. The molecule has 2 unspecified atom stereocenters. The molecule has 0 aliphatic carbocycles. The molecule has 0 saturated carbocycles. The lowest BCUT2D eigenvalue weighted by molar-refractivity contribution is 0.00498. The van der Waals surface area contributed by atoms with Crippen LogP contribution in [0.25, 0.3) is 0 Å². The fraction of sp³-hybridized carbons (Fsp3) is 0.667. The predicted molar refractivity (Wildman–Crippen MR) is 78.3 cm³/mol. The second-order valence-electron chi connectivity index (χ2n) is 5.56. The predicted octanol–water partition coefficient (Wildman–Crippen LogP) is 2.33. The summed E-state index contributed by atoms with van der Waals surface area (Å²) >= 11 is 0. The highest BCUT2D eigenvalue weighted by Crippen LogP contribution is 2.26. The lowest BCUT2D eigenvalue weighted by Crippen LogP contribution is -2.33. The number of hydrogen-bond donors (Lipinski definition) is 2. The van der Waals surface area contributed by atoms with Gasteiger partial charge in [-0.05, 0) is 51.2 Å². The number of hydrogen-bond acceptors (Lipinski definition) is 5. The van der Waals surface area contributed by atoms with Gasteiger partial charge < -0.3 is 9.47 Å². The van der Waals surface area contributed by atoms with E-state index >= 15 is 0 Å². The summed E-state index contributed by atoms with van der Waals surface area (Å²) in [7, 11) is 0. The van der Waals surface area contributed by atoms with E-state index in [4.69, 9.17) is 15.3 Å². The number of pyridine rings is 1. The molecule has 0 aromatic carbocycles. The molecule has 2 atom stereocenters. The molecule has 1 aliphatic heterocycles. The molecule has 3 N–H and O–H groups in total. The third-order valence-electron chi connectivity index (χ3n) is 3.48. The monoisotopic (exact) mass is 279 g/mol. The number of ether oxygens (including phenoxy) is 2. The van der Waals surface area contributed by atoms with E-state index in [-0.39, 0.29) is 18.2 Å². The number of hydrazine groups is 1. The van der Waals surface area contributed by atoms with Gasteiger partial charge >= 0.3 is 0 Å². The smallest absolute Gasteiger partial charge is 0.138 e. The maximum atomic E-state index is 5.78. The molecule has 1 aromatic rings. The number of nitrogens with two attached hydrogens (primary N) is 1. The highest BCUT2D eigenvalue weighted by atomic mass is 16.5. The molecule has 0 amide bonds. The Labute approximate surface area is 120 Å². The molecule has 0 radical (unpaired) electrons. The van der Waals surface area contributed by atoms with E-state index in [0.717, 1.165) is 37.2 Å². The van der Waals surface area contributed by atoms with Crippen LogP contribution in [0, 0.1) is 0 Å². The first-order valence-electron chi connectivity index (χ1n) is 7.38. The third-order valence-corrected chi connectivity index (χ3v) is 3.48. The molecule has 20 heavy (non-hydrogen) atoms. The van der Waals surface area contributed by atoms with Crippen LogP contribution >= 0.6 is 0 Å². The van der Waals surface area contributed by atoms with Crippen molar-refractivity contribution in [3.63, 3.8) is 0 Å². The topological polar surface area (TPSA) is 69.4 Å². The minimum absolute atomic E-state index is 0.0429. The zero-order valence-corrected chi connectivity index (χ0v) is 12.3. The molecular weight excluding hydrogens is 254 g/mol. The summed E-state index contributed by atoms with van der Waals surface area (Å²) in [6.07, 6.45) is 8.34. The fourth-order valence-corrected chi connectivity index (χ4v) is 2.52. The summed E-state index contributed by atoms with van der Waals surface area (Å²) in [6.45, 7) is 4.86. The van der Waals surface area contributed by atoms with Gasteiger partial charge in [-0.1, -0.05) is 0 Å². The Hall–Kier alpha value is -1.17. The van der Waals surface area contributed by atoms with Crippen LogP contribution in [-0.2, 0) is 4.74 Å². The molecular formula is C15H25N3O2. The second kappa shape index (κ2) is 7.57. The minimum Gasteiger partial charge on any atom is -0.489 e. The van der Waals surface area contributed by atoms with Gasteiger partial charge in [-0.3, -0.25) is 16.3 Å². The molecule has 1 aromatic heterocycles. The SMILES string of the molecule is CC(C)Oc1cncc(C(CC2CCCCO2)NN)c1. The van der Waals surface area contributed by atoms with Gasteiger partial charge in [0.05, 0.1) is 24.4 Å². The number of nitrogens with zero attached hydrogens (tertiary/aromatic N) is 1. The number of rotatable bonds is 6. The Morgan fingerprint density at radius 3 is 2.95 bits per heavy atom. The number of aromatic nitrogens is 1. The minimum atomic E-state index is 0.0429. The van der Waals surface area contributed by atoms with Crippen molar-refractivity contribution in [1.82, 2.24) is 10.4 Å². The Balaban J connectivity index is 2.02. The van der Waals surface area contributed by atoms with Gasteiger partial charge in [0.2, 0.25) is 0 Å². The standard InChI is InChI=1S/C15H25N3O2/c1-11(2)20-14-7-12(9-17-10-14)15(18-16)8-13-5-3-4-6-19-13/h7,9-11,13,15,18H,3-6,8,16H2,1-2H3. The Bertz CT molecular complexity index is 406. The van der Waals surface area contributed by atoms with Gasteiger partial charge in [0.1, 0.15) is 5.75 Å². The van der Waals surface area contributed by atoms with Gasteiger partial charge in [0.15, 0.2) is 0 Å². The highest BCUT2D eigenvalue weighted by molar-refractivity contribution is 5.26.